The largest absolute Gasteiger partial charge is 0.397 e. The fourth-order valence-electron chi connectivity index (χ4n) is 3.20. The summed E-state index contributed by atoms with van der Waals surface area (Å²) < 4.78 is 0. The van der Waals surface area contributed by atoms with E-state index in [1.807, 2.05) is 12.1 Å². The first kappa shape index (κ1) is 9.97. The monoisotopic (exact) mass is 217 g/mol. The number of likely N-dealkylation sites (tertiary alicyclic amines) is 1. The van der Waals surface area contributed by atoms with E-state index in [-0.39, 0.29) is 0 Å². The standard InChI is InChI=1S/C13H19N3/c1-15-6-10-8-16(9-11(10)7-15)13-5-3-2-4-12(13)14/h2-5,10-11H,6-9,14H2,1H3. The zero-order chi connectivity index (χ0) is 11.1. The molecule has 3 rings (SSSR count). The minimum Gasteiger partial charge on any atom is -0.397 e. The molecule has 0 spiro atoms. The summed E-state index contributed by atoms with van der Waals surface area (Å²) in [5.41, 5.74) is 8.16. The van der Waals surface area contributed by atoms with Crippen LogP contribution in [0.2, 0.25) is 0 Å². The van der Waals surface area contributed by atoms with Gasteiger partial charge in [-0.2, -0.15) is 0 Å². The molecule has 2 heterocycles. The van der Waals surface area contributed by atoms with E-state index in [4.69, 9.17) is 5.73 Å². The van der Waals surface area contributed by atoms with Crippen LogP contribution >= 0.6 is 0 Å². The van der Waals surface area contributed by atoms with Crippen molar-refractivity contribution in [3.8, 4) is 0 Å². The molecule has 0 radical (unpaired) electrons. The summed E-state index contributed by atoms with van der Waals surface area (Å²) >= 11 is 0. The molecule has 2 aliphatic rings. The third-order valence-electron chi connectivity index (χ3n) is 3.95. The SMILES string of the molecule is CN1CC2CN(c3ccccc3N)CC2C1. The summed E-state index contributed by atoms with van der Waals surface area (Å²) in [6.07, 6.45) is 0. The van der Waals surface area contributed by atoms with E-state index >= 15 is 0 Å². The van der Waals surface area contributed by atoms with Gasteiger partial charge in [-0.05, 0) is 31.0 Å². The molecule has 2 atom stereocenters. The van der Waals surface area contributed by atoms with Crippen LogP contribution in [0.25, 0.3) is 0 Å². The highest BCUT2D eigenvalue weighted by atomic mass is 15.2. The van der Waals surface area contributed by atoms with Crippen LogP contribution in [0.5, 0.6) is 0 Å². The van der Waals surface area contributed by atoms with Gasteiger partial charge in [-0.3, -0.25) is 0 Å². The molecule has 2 fully saturated rings. The number of hydrogen-bond acceptors (Lipinski definition) is 3. The number of nitrogen functional groups attached to an aromatic ring is 1. The number of nitrogens with two attached hydrogens (primary N) is 1. The van der Waals surface area contributed by atoms with Crippen LogP contribution in [0, 0.1) is 11.8 Å². The molecule has 0 saturated carbocycles. The van der Waals surface area contributed by atoms with Crippen molar-refractivity contribution in [2.45, 2.75) is 0 Å². The van der Waals surface area contributed by atoms with Gasteiger partial charge in [0.1, 0.15) is 0 Å². The summed E-state index contributed by atoms with van der Waals surface area (Å²) in [7, 11) is 2.22. The summed E-state index contributed by atoms with van der Waals surface area (Å²) in [4.78, 5) is 4.90. The van der Waals surface area contributed by atoms with Crippen molar-refractivity contribution in [1.29, 1.82) is 0 Å². The van der Waals surface area contributed by atoms with Gasteiger partial charge >= 0.3 is 0 Å². The Bertz CT molecular complexity index is 377. The van der Waals surface area contributed by atoms with Crippen molar-refractivity contribution in [1.82, 2.24) is 4.90 Å². The highest BCUT2D eigenvalue weighted by Gasteiger charge is 2.38. The third-order valence-corrected chi connectivity index (χ3v) is 3.95. The maximum atomic E-state index is 6.03. The van der Waals surface area contributed by atoms with Crippen molar-refractivity contribution >= 4 is 11.4 Å². The van der Waals surface area contributed by atoms with Crippen LogP contribution in [0.3, 0.4) is 0 Å². The lowest BCUT2D eigenvalue weighted by Crippen LogP contribution is -2.27. The maximum Gasteiger partial charge on any atom is 0.0600 e. The first-order valence-electron chi connectivity index (χ1n) is 6.02. The van der Waals surface area contributed by atoms with Crippen molar-refractivity contribution in [2.75, 3.05) is 43.9 Å². The lowest BCUT2D eigenvalue weighted by molar-refractivity contribution is 0.387. The summed E-state index contributed by atoms with van der Waals surface area (Å²) in [5, 5.41) is 0. The van der Waals surface area contributed by atoms with Gasteiger partial charge in [0.2, 0.25) is 0 Å². The van der Waals surface area contributed by atoms with Crippen LogP contribution in [0.1, 0.15) is 0 Å². The third kappa shape index (κ3) is 1.55. The van der Waals surface area contributed by atoms with Gasteiger partial charge in [-0.1, -0.05) is 12.1 Å². The van der Waals surface area contributed by atoms with E-state index in [9.17, 15) is 0 Å². The molecule has 1 aromatic carbocycles. The maximum absolute atomic E-state index is 6.03. The zero-order valence-corrected chi connectivity index (χ0v) is 9.76. The second kappa shape index (κ2) is 3.67. The Kier molecular flexibility index (Phi) is 2.28. The molecule has 0 aliphatic carbocycles. The smallest absolute Gasteiger partial charge is 0.0600 e. The molecule has 1 aromatic rings. The lowest BCUT2D eigenvalue weighted by Gasteiger charge is -2.22. The fourth-order valence-corrected chi connectivity index (χ4v) is 3.20. The highest BCUT2D eigenvalue weighted by molar-refractivity contribution is 5.67. The van der Waals surface area contributed by atoms with Gasteiger partial charge in [0.25, 0.3) is 0 Å². The van der Waals surface area contributed by atoms with Crippen LogP contribution in [-0.2, 0) is 0 Å². The summed E-state index contributed by atoms with van der Waals surface area (Å²) in [6.45, 7) is 4.83. The molecule has 3 heteroatoms. The second-order valence-electron chi connectivity index (χ2n) is 5.21. The molecule has 0 aromatic heterocycles. The zero-order valence-electron chi connectivity index (χ0n) is 9.76. The predicted octanol–water partition coefficient (Wildman–Crippen LogP) is 1.27. The molecule has 2 N–H and O–H groups in total. The van der Waals surface area contributed by atoms with Crippen LogP contribution in [0.15, 0.2) is 24.3 Å². The first-order valence-corrected chi connectivity index (χ1v) is 6.02. The number of hydrogen-bond donors (Lipinski definition) is 1. The van der Waals surface area contributed by atoms with Gasteiger partial charge in [-0.25, -0.2) is 0 Å². The van der Waals surface area contributed by atoms with Crippen molar-refractivity contribution in [3.63, 3.8) is 0 Å². The van der Waals surface area contributed by atoms with Crippen LogP contribution < -0.4 is 10.6 Å². The minimum absolute atomic E-state index is 0.838. The Morgan fingerprint density at radius 1 is 1.06 bits per heavy atom. The molecule has 0 bridgehead atoms. The van der Waals surface area contributed by atoms with Crippen LogP contribution in [-0.4, -0.2) is 38.1 Å². The van der Waals surface area contributed by atoms with Crippen molar-refractivity contribution in [3.05, 3.63) is 24.3 Å². The van der Waals surface area contributed by atoms with E-state index in [0.717, 1.165) is 17.5 Å². The number of fused-ring (bicyclic) bond motifs is 1. The van der Waals surface area contributed by atoms with Gasteiger partial charge in [0, 0.05) is 26.2 Å². The lowest BCUT2D eigenvalue weighted by atomic mass is 10.0. The topological polar surface area (TPSA) is 32.5 Å². The number of nitrogens with zero attached hydrogens (tertiary/aromatic N) is 2. The molecule has 0 amide bonds. The average molecular weight is 217 g/mol. The number of para-hydroxylation sites is 2. The first-order chi connectivity index (χ1) is 7.74. The van der Waals surface area contributed by atoms with Crippen LogP contribution in [0.4, 0.5) is 11.4 Å². The van der Waals surface area contributed by atoms with E-state index < -0.39 is 0 Å². The molecule has 2 unspecified atom stereocenters. The Labute approximate surface area is 96.8 Å². The van der Waals surface area contributed by atoms with E-state index in [1.54, 1.807) is 0 Å². The van der Waals surface area contributed by atoms with Crippen molar-refractivity contribution in [2.24, 2.45) is 11.8 Å². The normalized spacial score (nSPS) is 29.7. The molecule has 2 aliphatic heterocycles. The number of benzene rings is 1. The Morgan fingerprint density at radius 3 is 2.31 bits per heavy atom. The molecule has 86 valence electrons. The predicted molar refractivity (Wildman–Crippen MR) is 67.5 cm³/mol. The molecule has 2 saturated heterocycles. The van der Waals surface area contributed by atoms with Crippen molar-refractivity contribution < 1.29 is 0 Å². The van der Waals surface area contributed by atoms with Gasteiger partial charge in [-0.15, -0.1) is 0 Å². The molecule has 3 nitrogen and oxygen atoms in total. The molecular weight excluding hydrogens is 198 g/mol. The second-order valence-corrected chi connectivity index (χ2v) is 5.21. The quantitative estimate of drug-likeness (QED) is 0.719. The summed E-state index contributed by atoms with van der Waals surface area (Å²) in [6, 6.07) is 8.21. The fraction of sp³-hybridized carbons (Fsp3) is 0.538. The van der Waals surface area contributed by atoms with E-state index in [1.165, 1.54) is 31.9 Å². The van der Waals surface area contributed by atoms with E-state index in [2.05, 4.69) is 29.0 Å². The minimum atomic E-state index is 0.838. The summed E-state index contributed by atoms with van der Waals surface area (Å²) in [5.74, 6) is 1.68. The molecule has 16 heavy (non-hydrogen) atoms. The number of anilines is 2. The Morgan fingerprint density at radius 2 is 1.69 bits per heavy atom. The molecular formula is C13H19N3. The Hall–Kier alpha value is -1.22. The number of rotatable bonds is 1. The van der Waals surface area contributed by atoms with Gasteiger partial charge in [0.15, 0.2) is 0 Å². The van der Waals surface area contributed by atoms with E-state index in [0.29, 0.717) is 0 Å². The van der Waals surface area contributed by atoms with Gasteiger partial charge < -0.3 is 15.5 Å². The Balaban J connectivity index is 1.78. The average Bonchev–Trinajstić information content (AvgIpc) is 2.75. The van der Waals surface area contributed by atoms with Gasteiger partial charge in [0.05, 0.1) is 11.4 Å². The highest BCUT2D eigenvalue weighted by Crippen LogP contribution is 2.35.